The second kappa shape index (κ2) is 9.52. The molecule has 30 heavy (non-hydrogen) atoms. The summed E-state index contributed by atoms with van der Waals surface area (Å²) >= 11 is 0. The van der Waals surface area contributed by atoms with Gasteiger partial charge in [-0.25, -0.2) is 4.79 Å². The molecular weight excluding hydrogens is 374 g/mol. The summed E-state index contributed by atoms with van der Waals surface area (Å²) in [6, 6.07) is 15.8. The van der Waals surface area contributed by atoms with Gasteiger partial charge in [0.25, 0.3) is 0 Å². The van der Waals surface area contributed by atoms with Gasteiger partial charge in [-0.15, -0.1) is 0 Å². The lowest BCUT2D eigenvalue weighted by atomic mass is 9.62. The summed E-state index contributed by atoms with van der Waals surface area (Å²) in [5, 5.41) is 13.1. The highest BCUT2D eigenvalue weighted by molar-refractivity contribution is 5.89. The van der Waals surface area contributed by atoms with Gasteiger partial charge in [0.1, 0.15) is 5.75 Å². The lowest BCUT2D eigenvalue weighted by Crippen LogP contribution is -2.52. The number of carbonyl (C=O) groups excluding carboxylic acids is 1. The van der Waals surface area contributed by atoms with E-state index in [2.05, 4.69) is 23.3 Å². The zero-order chi connectivity index (χ0) is 21.7. The number of hydrogen-bond acceptors (Lipinski definition) is 3. The van der Waals surface area contributed by atoms with Gasteiger partial charge in [-0.05, 0) is 74.7 Å². The summed E-state index contributed by atoms with van der Waals surface area (Å²) in [6.45, 7) is 5.74. The molecule has 5 nitrogen and oxygen atoms in total. The SMILES string of the molecule is CC.CN(CC[C@]12CCN(C)C(Cc3ccc(O)cc31)C2)C(=O)Nc1ccccc1. The number of aromatic hydroxyl groups is 1. The highest BCUT2D eigenvalue weighted by atomic mass is 16.3. The van der Waals surface area contributed by atoms with E-state index < -0.39 is 0 Å². The normalized spacial score (nSPS) is 22.3. The number of nitrogens with one attached hydrogen (secondary N) is 1. The third kappa shape index (κ3) is 4.62. The van der Waals surface area contributed by atoms with E-state index in [0.717, 1.165) is 37.9 Å². The minimum atomic E-state index is -0.0842. The first-order chi connectivity index (χ1) is 14.5. The van der Waals surface area contributed by atoms with E-state index in [9.17, 15) is 9.90 Å². The second-order valence-corrected chi connectivity index (χ2v) is 8.38. The average Bonchev–Trinajstić information content (AvgIpc) is 2.77. The molecule has 0 spiro atoms. The Balaban J connectivity index is 0.00000124. The van der Waals surface area contributed by atoms with Gasteiger partial charge in [-0.2, -0.15) is 0 Å². The van der Waals surface area contributed by atoms with Crippen LogP contribution in [0.1, 0.15) is 44.2 Å². The smallest absolute Gasteiger partial charge is 0.321 e. The molecule has 2 aromatic carbocycles. The lowest BCUT2D eigenvalue weighted by molar-refractivity contribution is 0.0932. The molecule has 1 unspecified atom stereocenters. The van der Waals surface area contributed by atoms with E-state index in [1.165, 1.54) is 11.1 Å². The standard InChI is InChI=1S/C23H29N3O2.C2H6/c1-25-12-10-23(16-19(25)14-17-8-9-20(27)15-21(17)23)11-13-26(2)22(28)24-18-6-4-3-5-7-18;1-2/h3-9,15,19,27H,10-14,16H2,1-2H3,(H,24,28);1-2H3/t19?,23-;/m0./s1. The van der Waals surface area contributed by atoms with Gasteiger partial charge >= 0.3 is 6.03 Å². The number of phenolic OH excluding ortho intramolecular Hbond substituents is 1. The van der Waals surface area contributed by atoms with E-state index >= 15 is 0 Å². The maximum Gasteiger partial charge on any atom is 0.321 e. The molecule has 1 saturated heterocycles. The molecule has 1 aliphatic heterocycles. The van der Waals surface area contributed by atoms with Crippen LogP contribution in [0.25, 0.3) is 0 Å². The van der Waals surface area contributed by atoms with E-state index in [-0.39, 0.29) is 11.4 Å². The number of likely N-dealkylation sites (N-methyl/N-ethyl adjacent to an activating group) is 1. The first kappa shape index (κ1) is 22.2. The minimum Gasteiger partial charge on any atom is -0.508 e. The predicted molar refractivity (Wildman–Crippen MR) is 123 cm³/mol. The van der Waals surface area contributed by atoms with Crippen LogP contribution in [0.4, 0.5) is 10.5 Å². The molecule has 0 radical (unpaired) electrons. The third-order valence-electron chi connectivity index (χ3n) is 6.61. The number of likely N-dealkylation sites (tertiary alicyclic amines) is 1. The van der Waals surface area contributed by atoms with Crippen molar-refractivity contribution in [2.75, 3.05) is 32.5 Å². The van der Waals surface area contributed by atoms with Gasteiger partial charge in [0.05, 0.1) is 0 Å². The molecule has 5 heteroatoms. The number of phenols is 1. The van der Waals surface area contributed by atoms with Gasteiger partial charge in [0.2, 0.25) is 0 Å². The van der Waals surface area contributed by atoms with E-state index in [0.29, 0.717) is 18.3 Å². The van der Waals surface area contributed by atoms with Crippen LogP contribution in [0.15, 0.2) is 48.5 Å². The molecule has 0 aromatic heterocycles. The van der Waals surface area contributed by atoms with Gasteiger partial charge < -0.3 is 20.2 Å². The molecule has 0 saturated carbocycles. The molecule has 2 aromatic rings. The molecule has 2 bridgehead atoms. The van der Waals surface area contributed by atoms with E-state index in [1.54, 1.807) is 11.0 Å². The highest BCUT2D eigenvalue weighted by Crippen LogP contribution is 2.47. The van der Waals surface area contributed by atoms with E-state index in [4.69, 9.17) is 0 Å². The van der Waals surface area contributed by atoms with Crippen molar-refractivity contribution < 1.29 is 9.90 Å². The van der Waals surface area contributed by atoms with Crippen LogP contribution in [-0.4, -0.2) is 54.2 Å². The number of benzene rings is 2. The molecule has 162 valence electrons. The van der Waals surface area contributed by atoms with Crippen LogP contribution in [0.3, 0.4) is 0 Å². The largest absolute Gasteiger partial charge is 0.508 e. The number of carbonyl (C=O) groups is 1. The summed E-state index contributed by atoms with van der Waals surface area (Å²) in [4.78, 5) is 16.8. The molecule has 2 amide bonds. The predicted octanol–water partition coefficient (Wildman–Crippen LogP) is 4.86. The van der Waals surface area contributed by atoms with Crippen molar-refractivity contribution in [1.29, 1.82) is 0 Å². The van der Waals surface area contributed by atoms with Crippen molar-refractivity contribution in [3.63, 3.8) is 0 Å². The number of amides is 2. The molecule has 2 atom stereocenters. The fourth-order valence-corrected chi connectivity index (χ4v) is 4.83. The Hall–Kier alpha value is -2.53. The Labute approximate surface area is 180 Å². The van der Waals surface area contributed by atoms with Crippen molar-refractivity contribution in [3.05, 3.63) is 59.7 Å². The fraction of sp³-hybridized carbons (Fsp3) is 0.480. The zero-order valence-corrected chi connectivity index (χ0v) is 18.7. The van der Waals surface area contributed by atoms with Crippen molar-refractivity contribution in [2.45, 2.75) is 51.0 Å². The first-order valence-corrected chi connectivity index (χ1v) is 11.1. The molecule has 2 aliphatic rings. The van der Waals surface area contributed by atoms with Crippen molar-refractivity contribution in [1.82, 2.24) is 9.80 Å². The lowest BCUT2D eigenvalue weighted by Gasteiger charge is -2.51. The summed E-state index contributed by atoms with van der Waals surface area (Å²) in [5.41, 5.74) is 3.47. The van der Waals surface area contributed by atoms with Gasteiger partial charge in [0, 0.05) is 30.7 Å². The van der Waals surface area contributed by atoms with Gasteiger partial charge in [0.15, 0.2) is 0 Å². The fourth-order valence-electron chi connectivity index (χ4n) is 4.83. The number of piperidine rings is 1. The molecule has 1 aliphatic carbocycles. The van der Waals surface area contributed by atoms with Crippen LogP contribution in [-0.2, 0) is 11.8 Å². The molecule has 1 fully saturated rings. The summed E-state index contributed by atoms with van der Waals surface area (Å²) < 4.78 is 0. The Kier molecular flexibility index (Phi) is 7.03. The number of nitrogens with zero attached hydrogens (tertiary/aromatic N) is 2. The van der Waals surface area contributed by atoms with Crippen LogP contribution in [0.2, 0.25) is 0 Å². The first-order valence-electron chi connectivity index (χ1n) is 11.1. The van der Waals surface area contributed by atoms with Crippen LogP contribution in [0, 0.1) is 0 Å². The van der Waals surface area contributed by atoms with Crippen LogP contribution >= 0.6 is 0 Å². The maximum atomic E-state index is 12.6. The summed E-state index contributed by atoms with van der Waals surface area (Å²) in [7, 11) is 4.06. The Morgan fingerprint density at radius 3 is 2.70 bits per heavy atom. The second-order valence-electron chi connectivity index (χ2n) is 8.38. The zero-order valence-electron chi connectivity index (χ0n) is 18.7. The van der Waals surface area contributed by atoms with E-state index in [1.807, 2.05) is 57.3 Å². The molecular formula is C25H35N3O2. The highest BCUT2D eigenvalue weighted by Gasteiger charge is 2.44. The molecule has 4 rings (SSSR count). The summed E-state index contributed by atoms with van der Waals surface area (Å²) in [5.74, 6) is 0.339. The topological polar surface area (TPSA) is 55.8 Å². The third-order valence-corrected chi connectivity index (χ3v) is 6.61. The number of para-hydroxylation sites is 1. The number of fused-ring (bicyclic) bond motifs is 4. The number of rotatable bonds is 4. The summed E-state index contributed by atoms with van der Waals surface area (Å²) in [6.07, 6.45) is 4.10. The van der Waals surface area contributed by atoms with Crippen molar-refractivity contribution in [3.8, 4) is 5.75 Å². The number of urea groups is 1. The Bertz CT molecular complexity index is 855. The van der Waals surface area contributed by atoms with Crippen LogP contribution in [0.5, 0.6) is 5.75 Å². The Morgan fingerprint density at radius 2 is 1.97 bits per heavy atom. The minimum absolute atomic E-state index is 0.0325. The maximum absolute atomic E-state index is 12.6. The van der Waals surface area contributed by atoms with Crippen LogP contribution < -0.4 is 5.32 Å². The van der Waals surface area contributed by atoms with Gasteiger partial charge in [-0.3, -0.25) is 0 Å². The quantitative estimate of drug-likeness (QED) is 0.758. The van der Waals surface area contributed by atoms with Crippen molar-refractivity contribution >= 4 is 11.7 Å². The molecule has 2 N–H and O–H groups in total. The number of anilines is 1. The van der Waals surface area contributed by atoms with Crippen molar-refractivity contribution in [2.24, 2.45) is 0 Å². The Morgan fingerprint density at radius 1 is 1.23 bits per heavy atom. The average molecular weight is 410 g/mol. The molecule has 1 heterocycles. The monoisotopic (exact) mass is 409 g/mol. The number of hydrogen-bond donors (Lipinski definition) is 2. The van der Waals surface area contributed by atoms with Gasteiger partial charge in [-0.1, -0.05) is 38.1 Å².